The Bertz CT molecular complexity index is 1700. The number of non-ortho nitro benzene ring substituents is 1. The molecule has 1 heterocycles. The van der Waals surface area contributed by atoms with Gasteiger partial charge in [-0.15, -0.1) is 0 Å². The summed E-state index contributed by atoms with van der Waals surface area (Å²) in [5.41, 5.74) is 2.80. The monoisotopic (exact) mass is 593 g/mol. The van der Waals surface area contributed by atoms with Gasteiger partial charge in [0.25, 0.3) is 17.5 Å². The zero-order valence-electron chi connectivity index (χ0n) is 23.2. The molecule has 4 aromatic carbocycles. The van der Waals surface area contributed by atoms with Crippen molar-refractivity contribution in [3.05, 3.63) is 129 Å². The van der Waals surface area contributed by atoms with E-state index in [1.165, 1.54) is 17.0 Å². The number of anilines is 1. The van der Waals surface area contributed by atoms with E-state index in [4.69, 9.17) is 21.7 Å². The van der Waals surface area contributed by atoms with Crippen molar-refractivity contribution >= 4 is 46.6 Å². The van der Waals surface area contributed by atoms with Crippen molar-refractivity contribution in [2.75, 3.05) is 4.90 Å². The van der Waals surface area contributed by atoms with Crippen LogP contribution in [0.4, 0.5) is 11.4 Å². The number of thiocarbonyl (C=S) groups is 1. The van der Waals surface area contributed by atoms with Crippen LogP contribution in [0.5, 0.6) is 17.2 Å². The highest BCUT2D eigenvalue weighted by Crippen LogP contribution is 2.29. The van der Waals surface area contributed by atoms with Gasteiger partial charge in [-0.3, -0.25) is 29.9 Å². The van der Waals surface area contributed by atoms with E-state index in [0.717, 1.165) is 17.5 Å². The third-order valence-electron chi connectivity index (χ3n) is 6.63. The summed E-state index contributed by atoms with van der Waals surface area (Å²) in [4.78, 5) is 38.1. The highest BCUT2D eigenvalue weighted by Gasteiger charge is 2.34. The smallest absolute Gasteiger partial charge is 0.270 e. The maximum atomic E-state index is 13.5. The predicted octanol–water partition coefficient (Wildman–Crippen LogP) is 6.75. The topological polar surface area (TPSA) is 111 Å². The predicted molar refractivity (Wildman–Crippen MR) is 167 cm³/mol. The molecule has 216 valence electrons. The van der Waals surface area contributed by atoms with E-state index in [2.05, 4.69) is 5.32 Å². The number of nitrogens with one attached hydrogen (secondary N) is 1. The molecule has 0 radical (unpaired) electrons. The van der Waals surface area contributed by atoms with E-state index >= 15 is 0 Å². The minimum atomic E-state index is -0.578. The Balaban J connectivity index is 1.34. The molecule has 0 bridgehead atoms. The van der Waals surface area contributed by atoms with Crippen LogP contribution in [0.15, 0.2) is 103 Å². The SMILES string of the molecule is CCCc1cc(C=C2C(=O)NC(=S)N(c3ccc(Oc4ccccc4)cc3)C2=O)ccc1OCc1ccc([N+](=O)[O-])cc1. The molecule has 0 unspecified atom stereocenters. The number of para-hydroxylation sites is 1. The van der Waals surface area contributed by atoms with Crippen molar-refractivity contribution < 1.29 is 24.0 Å². The van der Waals surface area contributed by atoms with E-state index in [1.54, 1.807) is 54.6 Å². The summed E-state index contributed by atoms with van der Waals surface area (Å²) >= 11 is 5.35. The first-order valence-corrected chi connectivity index (χ1v) is 14.0. The number of nitro groups is 1. The second kappa shape index (κ2) is 13.1. The number of ether oxygens (including phenoxy) is 2. The van der Waals surface area contributed by atoms with Gasteiger partial charge in [0, 0.05) is 12.1 Å². The molecule has 1 aliphatic rings. The molecule has 4 aromatic rings. The molecule has 0 aromatic heterocycles. The average molecular weight is 594 g/mol. The number of benzene rings is 4. The van der Waals surface area contributed by atoms with Crippen LogP contribution < -0.4 is 19.7 Å². The van der Waals surface area contributed by atoms with E-state index in [1.807, 2.05) is 43.3 Å². The van der Waals surface area contributed by atoms with Crippen LogP contribution in [-0.2, 0) is 22.6 Å². The maximum absolute atomic E-state index is 13.5. The lowest BCUT2D eigenvalue weighted by molar-refractivity contribution is -0.384. The Kier molecular flexibility index (Phi) is 8.88. The highest BCUT2D eigenvalue weighted by atomic mass is 32.1. The number of aryl methyl sites for hydroxylation is 1. The van der Waals surface area contributed by atoms with Gasteiger partial charge in [0.1, 0.15) is 29.4 Å². The lowest BCUT2D eigenvalue weighted by atomic mass is 10.0. The molecule has 0 atom stereocenters. The van der Waals surface area contributed by atoms with Gasteiger partial charge < -0.3 is 9.47 Å². The van der Waals surface area contributed by atoms with Gasteiger partial charge in [-0.25, -0.2) is 0 Å². The highest BCUT2D eigenvalue weighted by molar-refractivity contribution is 7.80. The lowest BCUT2D eigenvalue weighted by Crippen LogP contribution is -2.54. The lowest BCUT2D eigenvalue weighted by Gasteiger charge is -2.29. The fraction of sp³-hybridized carbons (Fsp3) is 0.121. The van der Waals surface area contributed by atoms with Crippen molar-refractivity contribution in [2.24, 2.45) is 0 Å². The second-order valence-electron chi connectivity index (χ2n) is 9.70. The van der Waals surface area contributed by atoms with Crippen LogP contribution in [0.2, 0.25) is 0 Å². The molecule has 10 heteroatoms. The quantitative estimate of drug-likeness (QED) is 0.0712. The van der Waals surface area contributed by atoms with Crippen LogP contribution >= 0.6 is 12.2 Å². The molecule has 5 rings (SSSR count). The van der Waals surface area contributed by atoms with Gasteiger partial charge in [0.15, 0.2) is 5.11 Å². The first-order chi connectivity index (χ1) is 20.8. The standard InChI is InChI=1S/C33H27N3O6S/c1-2-6-24-19-23(11-18-30(24)41-21-22-9-12-26(13-10-22)36(39)40)20-29-31(37)34-33(43)35(32(29)38)25-14-16-28(17-15-25)42-27-7-4-3-5-8-27/h3-5,7-20H,2,6,21H2,1H3,(H,34,37,43). The number of amides is 2. The van der Waals surface area contributed by atoms with E-state index in [9.17, 15) is 19.7 Å². The molecule has 9 nitrogen and oxygen atoms in total. The zero-order valence-corrected chi connectivity index (χ0v) is 24.0. The summed E-state index contributed by atoms with van der Waals surface area (Å²) in [5, 5.41) is 13.5. The van der Waals surface area contributed by atoms with Gasteiger partial charge in [0.2, 0.25) is 0 Å². The number of carbonyl (C=O) groups is 2. The molecule has 1 saturated heterocycles. The Morgan fingerprint density at radius 3 is 2.30 bits per heavy atom. The fourth-order valence-corrected chi connectivity index (χ4v) is 4.80. The maximum Gasteiger partial charge on any atom is 0.270 e. The van der Waals surface area contributed by atoms with Gasteiger partial charge in [-0.1, -0.05) is 37.6 Å². The Morgan fingerprint density at radius 2 is 1.63 bits per heavy atom. The molecule has 43 heavy (non-hydrogen) atoms. The molecule has 2 amide bonds. The summed E-state index contributed by atoms with van der Waals surface area (Å²) in [7, 11) is 0. The third-order valence-corrected chi connectivity index (χ3v) is 6.92. The second-order valence-corrected chi connectivity index (χ2v) is 10.1. The number of hydrogen-bond donors (Lipinski definition) is 1. The molecule has 0 aliphatic carbocycles. The summed E-state index contributed by atoms with van der Waals surface area (Å²) in [6.45, 7) is 2.27. The minimum Gasteiger partial charge on any atom is -0.489 e. The molecule has 1 N–H and O–H groups in total. The minimum absolute atomic E-state index is 0.00876. The van der Waals surface area contributed by atoms with E-state index in [0.29, 0.717) is 34.9 Å². The van der Waals surface area contributed by atoms with Crippen LogP contribution in [0, 0.1) is 10.1 Å². The number of nitrogens with zero attached hydrogens (tertiary/aromatic N) is 2. The molecule has 0 spiro atoms. The fourth-order valence-electron chi connectivity index (χ4n) is 4.52. The Labute approximate surface area is 253 Å². The summed E-state index contributed by atoms with van der Waals surface area (Å²) in [5.74, 6) is 0.807. The zero-order chi connectivity index (χ0) is 30.3. The Morgan fingerprint density at radius 1 is 0.930 bits per heavy atom. The van der Waals surface area contributed by atoms with Crippen LogP contribution in [0.3, 0.4) is 0 Å². The van der Waals surface area contributed by atoms with E-state index in [-0.39, 0.29) is 23.0 Å². The van der Waals surface area contributed by atoms with Gasteiger partial charge >= 0.3 is 0 Å². The van der Waals surface area contributed by atoms with Crippen molar-refractivity contribution in [1.82, 2.24) is 5.32 Å². The van der Waals surface area contributed by atoms with Gasteiger partial charge in [-0.05, 0) is 102 Å². The van der Waals surface area contributed by atoms with Crippen molar-refractivity contribution in [3.8, 4) is 17.2 Å². The number of rotatable bonds is 10. The Hall–Kier alpha value is -5.35. The van der Waals surface area contributed by atoms with Crippen molar-refractivity contribution in [3.63, 3.8) is 0 Å². The normalized spacial score (nSPS) is 14.0. The number of hydrogen-bond acceptors (Lipinski definition) is 7. The van der Waals surface area contributed by atoms with Crippen molar-refractivity contribution in [2.45, 2.75) is 26.4 Å². The first-order valence-electron chi connectivity index (χ1n) is 13.6. The van der Waals surface area contributed by atoms with Crippen LogP contribution in [0.25, 0.3) is 6.08 Å². The average Bonchev–Trinajstić information content (AvgIpc) is 3.00. The summed E-state index contributed by atoms with van der Waals surface area (Å²) in [6.07, 6.45) is 3.10. The van der Waals surface area contributed by atoms with E-state index < -0.39 is 16.7 Å². The van der Waals surface area contributed by atoms with Crippen molar-refractivity contribution in [1.29, 1.82) is 0 Å². The first kappa shape index (κ1) is 29.2. The molecule has 1 aliphatic heterocycles. The third kappa shape index (κ3) is 6.94. The van der Waals surface area contributed by atoms with Crippen LogP contribution in [-0.4, -0.2) is 21.9 Å². The van der Waals surface area contributed by atoms with Crippen LogP contribution in [0.1, 0.15) is 30.0 Å². The van der Waals surface area contributed by atoms with Gasteiger partial charge in [-0.2, -0.15) is 0 Å². The van der Waals surface area contributed by atoms with Gasteiger partial charge in [0.05, 0.1) is 10.6 Å². The molecular weight excluding hydrogens is 566 g/mol. The summed E-state index contributed by atoms with van der Waals surface area (Å²) in [6, 6.07) is 27.8. The molecular formula is C33H27N3O6S. The number of carbonyl (C=O) groups excluding carboxylic acids is 2. The molecule has 0 saturated carbocycles. The largest absolute Gasteiger partial charge is 0.489 e. The summed E-state index contributed by atoms with van der Waals surface area (Å²) < 4.78 is 11.9. The molecule has 1 fully saturated rings. The number of nitro benzene ring substituents is 1.